The second-order valence-electron chi connectivity index (χ2n) is 6.93. The maximum Gasteiger partial charge on any atom is 0.279 e. The molecule has 1 unspecified atom stereocenters. The summed E-state index contributed by atoms with van der Waals surface area (Å²) in [5.41, 5.74) is 5.85. The molecule has 0 radical (unpaired) electrons. The fourth-order valence-electron chi connectivity index (χ4n) is 3.06. The van der Waals surface area contributed by atoms with Crippen LogP contribution < -0.4 is 10.9 Å². The SMILES string of the molecule is CC1CCc2sc(C(=O)NNC(=O)CCS(=O)(=O)c3ccc(Cl)cc3)cc2C1. The first-order valence-corrected chi connectivity index (χ1v) is 11.8. The molecule has 2 amide bonds. The minimum absolute atomic E-state index is 0.104. The number of sulfone groups is 1. The molecule has 0 aliphatic heterocycles. The molecule has 28 heavy (non-hydrogen) atoms. The Morgan fingerprint density at radius 2 is 1.93 bits per heavy atom. The van der Waals surface area contributed by atoms with Crippen molar-refractivity contribution in [3.63, 3.8) is 0 Å². The number of amides is 2. The third-order valence-electron chi connectivity index (χ3n) is 4.64. The first-order valence-electron chi connectivity index (χ1n) is 8.93. The number of nitrogens with one attached hydrogen (secondary N) is 2. The van der Waals surface area contributed by atoms with E-state index in [0.29, 0.717) is 15.8 Å². The van der Waals surface area contributed by atoms with Gasteiger partial charge < -0.3 is 0 Å². The van der Waals surface area contributed by atoms with Crippen LogP contribution in [0.25, 0.3) is 0 Å². The second-order valence-corrected chi connectivity index (χ2v) is 10.6. The first kappa shape index (κ1) is 20.8. The summed E-state index contributed by atoms with van der Waals surface area (Å²) >= 11 is 7.20. The molecule has 0 saturated heterocycles. The quantitative estimate of drug-likeness (QED) is 0.698. The standard InChI is InChI=1S/C19H21ClN2O4S2/c1-12-2-7-16-13(10-12)11-17(27-16)19(24)22-21-18(23)8-9-28(25,26)15-5-3-14(20)4-6-15/h3-6,11-12H,2,7-10H2,1H3,(H,21,23)(H,22,24). The van der Waals surface area contributed by atoms with Crippen LogP contribution in [0.3, 0.4) is 0 Å². The highest BCUT2D eigenvalue weighted by Gasteiger charge is 2.21. The van der Waals surface area contributed by atoms with E-state index >= 15 is 0 Å². The summed E-state index contributed by atoms with van der Waals surface area (Å²) in [6, 6.07) is 7.64. The summed E-state index contributed by atoms with van der Waals surface area (Å²) in [6.45, 7) is 2.19. The normalized spacial score (nSPS) is 16.3. The molecule has 3 rings (SSSR count). The zero-order valence-electron chi connectivity index (χ0n) is 15.3. The minimum atomic E-state index is -3.60. The van der Waals surface area contributed by atoms with Gasteiger partial charge in [-0.2, -0.15) is 0 Å². The first-order chi connectivity index (χ1) is 13.2. The van der Waals surface area contributed by atoms with Gasteiger partial charge in [-0.05, 0) is 61.1 Å². The molecule has 2 aromatic rings. The predicted octanol–water partition coefficient (Wildman–Crippen LogP) is 3.15. The molecule has 0 spiro atoms. The number of carbonyl (C=O) groups excluding carboxylic acids is 2. The fourth-order valence-corrected chi connectivity index (χ4v) is 5.53. The van der Waals surface area contributed by atoms with Gasteiger partial charge >= 0.3 is 0 Å². The molecule has 0 saturated carbocycles. The molecule has 1 aromatic carbocycles. The second kappa shape index (κ2) is 8.63. The summed E-state index contributed by atoms with van der Waals surface area (Å²) in [5, 5.41) is 0.434. The van der Waals surface area contributed by atoms with Gasteiger partial charge in [0.05, 0.1) is 15.5 Å². The lowest BCUT2D eigenvalue weighted by molar-refractivity contribution is -0.121. The number of hydrogen-bond acceptors (Lipinski definition) is 5. The lowest BCUT2D eigenvalue weighted by Crippen LogP contribution is -2.41. The van der Waals surface area contributed by atoms with Crippen LogP contribution in [-0.4, -0.2) is 26.0 Å². The van der Waals surface area contributed by atoms with E-state index < -0.39 is 15.7 Å². The smallest absolute Gasteiger partial charge is 0.273 e. The molecule has 0 fully saturated rings. The minimum Gasteiger partial charge on any atom is -0.273 e. The van der Waals surface area contributed by atoms with Crippen LogP contribution in [-0.2, 0) is 27.5 Å². The summed E-state index contributed by atoms with van der Waals surface area (Å²) in [7, 11) is -3.60. The Hall–Kier alpha value is -1.90. The Bertz CT molecular complexity index is 984. The highest BCUT2D eigenvalue weighted by molar-refractivity contribution is 7.91. The zero-order valence-corrected chi connectivity index (χ0v) is 17.7. The van der Waals surface area contributed by atoms with Crippen molar-refractivity contribution in [3.8, 4) is 0 Å². The molecule has 1 aromatic heterocycles. The number of thiophene rings is 1. The van der Waals surface area contributed by atoms with Crippen molar-refractivity contribution in [1.29, 1.82) is 0 Å². The van der Waals surface area contributed by atoms with E-state index in [-0.39, 0.29) is 23.0 Å². The molecule has 6 nitrogen and oxygen atoms in total. The van der Waals surface area contributed by atoms with E-state index in [0.717, 1.165) is 19.3 Å². The molecule has 0 bridgehead atoms. The average molecular weight is 441 g/mol. The van der Waals surface area contributed by atoms with Gasteiger partial charge in [-0.1, -0.05) is 18.5 Å². The number of hydrazine groups is 1. The van der Waals surface area contributed by atoms with Crippen LogP contribution in [0.15, 0.2) is 35.2 Å². The van der Waals surface area contributed by atoms with Gasteiger partial charge in [0.2, 0.25) is 5.91 Å². The summed E-state index contributed by atoms with van der Waals surface area (Å²) < 4.78 is 24.5. The topological polar surface area (TPSA) is 92.3 Å². The largest absolute Gasteiger partial charge is 0.279 e. The molecular weight excluding hydrogens is 420 g/mol. The van der Waals surface area contributed by atoms with E-state index in [4.69, 9.17) is 11.6 Å². The average Bonchev–Trinajstić information content (AvgIpc) is 3.08. The monoisotopic (exact) mass is 440 g/mol. The van der Waals surface area contributed by atoms with E-state index in [1.165, 1.54) is 46.0 Å². The Labute approximate surface area is 173 Å². The summed E-state index contributed by atoms with van der Waals surface area (Å²) in [5.74, 6) is -0.705. The van der Waals surface area contributed by atoms with Crippen molar-refractivity contribution >= 4 is 44.6 Å². The van der Waals surface area contributed by atoms with E-state index in [2.05, 4.69) is 17.8 Å². The van der Waals surface area contributed by atoms with Gasteiger partial charge in [-0.25, -0.2) is 8.42 Å². The van der Waals surface area contributed by atoms with Crippen LogP contribution in [0.4, 0.5) is 0 Å². The fraction of sp³-hybridized carbons (Fsp3) is 0.368. The van der Waals surface area contributed by atoms with Gasteiger partial charge in [0.25, 0.3) is 5.91 Å². The molecule has 9 heteroatoms. The van der Waals surface area contributed by atoms with Crippen LogP contribution in [0.5, 0.6) is 0 Å². The van der Waals surface area contributed by atoms with Crippen molar-refractivity contribution in [2.75, 3.05) is 5.75 Å². The number of halogens is 1. The van der Waals surface area contributed by atoms with Crippen molar-refractivity contribution in [1.82, 2.24) is 10.9 Å². The van der Waals surface area contributed by atoms with Gasteiger partial charge in [0.15, 0.2) is 9.84 Å². The lowest BCUT2D eigenvalue weighted by Gasteiger charge is -2.16. The maximum absolute atomic E-state index is 12.3. The number of benzene rings is 1. The number of aryl methyl sites for hydroxylation is 1. The van der Waals surface area contributed by atoms with E-state index in [1.54, 1.807) is 0 Å². The zero-order chi connectivity index (χ0) is 20.3. The van der Waals surface area contributed by atoms with Crippen LogP contribution >= 0.6 is 22.9 Å². The molecule has 2 N–H and O–H groups in total. The maximum atomic E-state index is 12.3. The summed E-state index contributed by atoms with van der Waals surface area (Å²) in [6.07, 6.45) is 2.80. The highest BCUT2D eigenvalue weighted by Crippen LogP contribution is 2.32. The van der Waals surface area contributed by atoms with Gasteiger partial charge in [-0.3, -0.25) is 20.4 Å². The third kappa shape index (κ3) is 5.12. The molecule has 150 valence electrons. The Morgan fingerprint density at radius 1 is 1.21 bits per heavy atom. The summed E-state index contributed by atoms with van der Waals surface area (Å²) in [4.78, 5) is 26.1. The van der Waals surface area contributed by atoms with E-state index in [9.17, 15) is 18.0 Å². The highest BCUT2D eigenvalue weighted by atomic mass is 35.5. The molecule has 1 aliphatic carbocycles. The van der Waals surface area contributed by atoms with Gasteiger partial charge in [0.1, 0.15) is 0 Å². The molecular formula is C19H21ClN2O4S2. The van der Waals surface area contributed by atoms with Crippen LogP contribution in [0.2, 0.25) is 5.02 Å². The number of rotatable bonds is 5. The van der Waals surface area contributed by atoms with Crippen molar-refractivity contribution in [2.24, 2.45) is 5.92 Å². The van der Waals surface area contributed by atoms with Crippen LogP contribution in [0.1, 0.15) is 39.9 Å². The van der Waals surface area contributed by atoms with Crippen molar-refractivity contribution in [2.45, 2.75) is 37.5 Å². The predicted molar refractivity (Wildman–Crippen MR) is 109 cm³/mol. The number of fused-ring (bicyclic) bond motifs is 1. The van der Waals surface area contributed by atoms with Gasteiger partial charge in [0, 0.05) is 16.3 Å². The number of carbonyl (C=O) groups is 2. The van der Waals surface area contributed by atoms with Crippen molar-refractivity contribution < 1.29 is 18.0 Å². The van der Waals surface area contributed by atoms with Gasteiger partial charge in [-0.15, -0.1) is 11.3 Å². The molecule has 1 heterocycles. The Balaban J connectivity index is 1.50. The molecule has 1 atom stereocenters. The Morgan fingerprint density at radius 3 is 2.64 bits per heavy atom. The van der Waals surface area contributed by atoms with Crippen LogP contribution in [0, 0.1) is 5.92 Å². The van der Waals surface area contributed by atoms with Crippen molar-refractivity contribution in [3.05, 3.63) is 50.7 Å². The molecule has 1 aliphatic rings. The third-order valence-corrected chi connectivity index (χ3v) is 7.86. The lowest BCUT2D eigenvalue weighted by atomic mass is 9.90. The van der Waals surface area contributed by atoms with E-state index in [1.807, 2.05) is 6.07 Å². The Kier molecular flexibility index (Phi) is 6.42. The number of hydrogen-bond donors (Lipinski definition) is 2.